The highest BCUT2D eigenvalue weighted by Gasteiger charge is 2.02. The summed E-state index contributed by atoms with van der Waals surface area (Å²) in [5.74, 6) is 0.203. The molecular formula is C15H13ClFN3OS. The number of hydrogen-bond acceptors (Lipinski definition) is 3. The fourth-order valence-corrected chi connectivity index (χ4v) is 1.79. The molecule has 4 nitrogen and oxygen atoms in total. The molecular weight excluding hydrogens is 325 g/mol. The third-order valence-electron chi connectivity index (χ3n) is 2.66. The average Bonchev–Trinajstić information content (AvgIpc) is 2.49. The molecule has 0 aromatic heterocycles. The molecule has 0 amide bonds. The quantitative estimate of drug-likeness (QED) is 0.499. The smallest absolute Gasteiger partial charge is 0.184 e. The predicted molar refractivity (Wildman–Crippen MR) is 89.7 cm³/mol. The largest absolute Gasteiger partial charge is 0.489 e. The molecule has 0 radical (unpaired) electrons. The lowest BCUT2D eigenvalue weighted by molar-refractivity contribution is 0.305. The molecule has 0 spiro atoms. The van der Waals surface area contributed by atoms with Crippen LogP contribution in [-0.4, -0.2) is 11.3 Å². The van der Waals surface area contributed by atoms with Crippen molar-refractivity contribution in [2.24, 2.45) is 10.8 Å². The second-order valence-corrected chi connectivity index (χ2v) is 5.19. The Bertz CT molecular complexity index is 692. The van der Waals surface area contributed by atoms with Crippen molar-refractivity contribution in [2.45, 2.75) is 6.61 Å². The first-order valence-corrected chi connectivity index (χ1v) is 7.08. The summed E-state index contributed by atoms with van der Waals surface area (Å²) < 4.78 is 18.9. The number of halogens is 2. The van der Waals surface area contributed by atoms with Gasteiger partial charge in [0, 0.05) is 0 Å². The fourth-order valence-electron chi connectivity index (χ4n) is 1.62. The molecule has 0 aliphatic rings. The van der Waals surface area contributed by atoms with Crippen molar-refractivity contribution in [1.29, 1.82) is 0 Å². The van der Waals surface area contributed by atoms with Gasteiger partial charge in [0.25, 0.3) is 0 Å². The third-order valence-corrected chi connectivity index (χ3v) is 3.06. The lowest BCUT2D eigenvalue weighted by atomic mass is 10.2. The number of ether oxygens (including phenoxy) is 1. The zero-order valence-corrected chi connectivity index (χ0v) is 13.0. The number of hydrazone groups is 1. The summed E-state index contributed by atoms with van der Waals surface area (Å²) in [6.07, 6.45) is 1.58. The minimum Gasteiger partial charge on any atom is -0.489 e. The fraction of sp³-hybridized carbons (Fsp3) is 0.0667. The normalized spacial score (nSPS) is 10.6. The van der Waals surface area contributed by atoms with Crippen LogP contribution >= 0.6 is 23.8 Å². The number of thiocarbonyl (C=S) groups is 1. The molecule has 0 unspecified atom stereocenters. The molecule has 0 aliphatic heterocycles. The molecule has 2 aromatic rings. The number of hydrogen-bond donors (Lipinski definition) is 2. The van der Waals surface area contributed by atoms with Crippen molar-refractivity contribution in [3.05, 3.63) is 64.4 Å². The molecule has 7 heteroatoms. The zero-order valence-electron chi connectivity index (χ0n) is 11.4. The molecule has 0 saturated carbocycles. The number of nitrogens with one attached hydrogen (secondary N) is 1. The van der Waals surface area contributed by atoms with Crippen LogP contribution in [-0.2, 0) is 6.61 Å². The SMILES string of the molecule is NC(=S)NN=Cc1ccc(OCc2ccc(Cl)c(F)c2)cc1. The molecule has 114 valence electrons. The Balaban J connectivity index is 1.92. The molecule has 0 aliphatic carbocycles. The summed E-state index contributed by atoms with van der Waals surface area (Å²) >= 11 is 10.3. The molecule has 2 rings (SSSR count). The van der Waals surface area contributed by atoms with Crippen molar-refractivity contribution >= 4 is 35.1 Å². The predicted octanol–water partition coefficient (Wildman–Crippen LogP) is 3.23. The first-order valence-electron chi connectivity index (χ1n) is 6.30. The van der Waals surface area contributed by atoms with E-state index in [1.807, 2.05) is 12.1 Å². The van der Waals surface area contributed by atoms with Crippen LogP contribution in [0.25, 0.3) is 0 Å². The molecule has 22 heavy (non-hydrogen) atoms. The van der Waals surface area contributed by atoms with Crippen LogP contribution in [0.2, 0.25) is 5.02 Å². The van der Waals surface area contributed by atoms with Crippen molar-refractivity contribution in [1.82, 2.24) is 5.43 Å². The van der Waals surface area contributed by atoms with Gasteiger partial charge in [-0.15, -0.1) is 0 Å². The van der Waals surface area contributed by atoms with Gasteiger partial charge in [0.1, 0.15) is 18.2 Å². The van der Waals surface area contributed by atoms with Crippen molar-refractivity contribution in [3.8, 4) is 5.75 Å². The van der Waals surface area contributed by atoms with Gasteiger partial charge >= 0.3 is 0 Å². The van der Waals surface area contributed by atoms with E-state index < -0.39 is 5.82 Å². The van der Waals surface area contributed by atoms with E-state index in [1.54, 1.807) is 24.4 Å². The van der Waals surface area contributed by atoms with Gasteiger partial charge in [-0.25, -0.2) is 4.39 Å². The van der Waals surface area contributed by atoms with Gasteiger partial charge in [0.15, 0.2) is 5.11 Å². The lowest BCUT2D eigenvalue weighted by Gasteiger charge is -2.07. The summed E-state index contributed by atoms with van der Waals surface area (Å²) in [6, 6.07) is 11.8. The number of benzene rings is 2. The van der Waals surface area contributed by atoms with Crippen LogP contribution in [0.5, 0.6) is 5.75 Å². The van der Waals surface area contributed by atoms with Gasteiger partial charge in [-0.3, -0.25) is 5.43 Å². The summed E-state index contributed by atoms with van der Waals surface area (Å²) in [5, 5.41) is 4.04. The van der Waals surface area contributed by atoms with Crippen molar-refractivity contribution < 1.29 is 9.13 Å². The van der Waals surface area contributed by atoms with E-state index in [4.69, 9.17) is 22.1 Å². The topological polar surface area (TPSA) is 59.6 Å². The molecule has 3 N–H and O–H groups in total. The second kappa shape index (κ2) is 7.72. The summed E-state index contributed by atoms with van der Waals surface area (Å²) in [4.78, 5) is 0. The highest BCUT2D eigenvalue weighted by Crippen LogP contribution is 2.18. The van der Waals surface area contributed by atoms with E-state index in [9.17, 15) is 4.39 Å². The summed E-state index contributed by atoms with van der Waals surface area (Å²) in [5.41, 5.74) is 9.27. The van der Waals surface area contributed by atoms with E-state index in [0.717, 1.165) is 5.56 Å². The van der Waals surface area contributed by atoms with Crippen LogP contribution in [0.15, 0.2) is 47.6 Å². The van der Waals surface area contributed by atoms with Crippen LogP contribution in [0, 0.1) is 5.82 Å². The highest BCUT2D eigenvalue weighted by atomic mass is 35.5. The third kappa shape index (κ3) is 4.98. The lowest BCUT2D eigenvalue weighted by Crippen LogP contribution is -2.23. The van der Waals surface area contributed by atoms with Crippen LogP contribution < -0.4 is 15.9 Å². The minimum atomic E-state index is -0.459. The zero-order chi connectivity index (χ0) is 15.9. The van der Waals surface area contributed by atoms with E-state index in [-0.39, 0.29) is 16.7 Å². The van der Waals surface area contributed by atoms with Gasteiger partial charge in [-0.1, -0.05) is 17.7 Å². The standard InChI is InChI=1S/C15H13ClFN3OS/c16-13-6-3-11(7-14(13)17)9-21-12-4-1-10(2-5-12)8-19-20-15(18)22/h1-8H,9H2,(H3,18,20,22). The summed E-state index contributed by atoms with van der Waals surface area (Å²) in [6.45, 7) is 0.254. The first-order chi connectivity index (χ1) is 10.5. The molecule has 2 aromatic carbocycles. The average molecular weight is 338 g/mol. The van der Waals surface area contributed by atoms with Gasteiger partial charge < -0.3 is 10.5 Å². The monoisotopic (exact) mass is 337 g/mol. The molecule has 0 heterocycles. The maximum atomic E-state index is 13.3. The van der Waals surface area contributed by atoms with Gasteiger partial charge in [-0.2, -0.15) is 5.10 Å². The van der Waals surface area contributed by atoms with Gasteiger partial charge in [-0.05, 0) is 59.7 Å². The highest BCUT2D eigenvalue weighted by molar-refractivity contribution is 7.80. The second-order valence-electron chi connectivity index (χ2n) is 4.34. The van der Waals surface area contributed by atoms with E-state index in [0.29, 0.717) is 11.3 Å². The Morgan fingerprint density at radius 1 is 1.32 bits per heavy atom. The molecule has 0 atom stereocenters. The van der Waals surface area contributed by atoms with Crippen molar-refractivity contribution in [3.63, 3.8) is 0 Å². The van der Waals surface area contributed by atoms with Crippen molar-refractivity contribution in [2.75, 3.05) is 0 Å². The summed E-state index contributed by atoms with van der Waals surface area (Å²) in [7, 11) is 0. The van der Waals surface area contributed by atoms with E-state index in [2.05, 4.69) is 22.7 Å². The van der Waals surface area contributed by atoms with E-state index >= 15 is 0 Å². The van der Waals surface area contributed by atoms with Crippen LogP contribution in [0.3, 0.4) is 0 Å². The van der Waals surface area contributed by atoms with Crippen LogP contribution in [0.1, 0.15) is 11.1 Å². The Morgan fingerprint density at radius 3 is 2.68 bits per heavy atom. The first kappa shape index (κ1) is 16.2. The maximum absolute atomic E-state index is 13.3. The van der Waals surface area contributed by atoms with Crippen LogP contribution in [0.4, 0.5) is 4.39 Å². The van der Waals surface area contributed by atoms with Gasteiger partial charge in [0.05, 0.1) is 11.2 Å². The Hall–Kier alpha value is -2.18. The Labute approximate surface area is 137 Å². The molecule has 0 fully saturated rings. The number of rotatable bonds is 5. The minimum absolute atomic E-state index is 0.0953. The molecule has 0 bridgehead atoms. The number of nitrogens with zero attached hydrogens (tertiary/aromatic N) is 1. The molecule has 0 saturated heterocycles. The Morgan fingerprint density at radius 2 is 2.05 bits per heavy atom. The van der Waals surface area contributed by atoms with E-state index in [1.165, 1.54) is 12.1 Å². The van der Waals surface area contributed by atoms with Gasteiger partial charge in [0.2, 0.25) is 0 Å². The number of nitrogens with two attached hydrogens (primary N) is 1. The Kier molecular flexibility index (Phi) is 5.68. The maximum Gasteiger partial charge on any atom is 0.184 e.